The smallest absolute Gasteiger partial charge is 0.232 e. The van der Waals surface area contributed by atoms with Gasteiger partial charge in [0.05, 0.1) is 24.7 Å². The molecule has 0 atom stereocenters. The zero-order chi connectivity index (χ0) is 23.4. The largest absolute Gasteiger partial charge is 0.495 e. The van der Waals surface area contributed by atoms with Gasteiger partial charge in [0, 0.05) is 45.2 Å². The van der Waals surface area contributed by atoms with Crippen LogP contribution < -0.4 is 23.4 Å². The first-order chi connectivity index (χ1) is 15.9. The number of methoxy groups -OCH3 is 1. The standard InChI is InChI=1S/C23H29N3O6S/c1-30-20-7-4-3-6-19(20)24-12-14-25(15-13-24)23(27)8-5-11-26(33(2,28)29)18-9-10-21-22(16-18)32-17-31-21/h3-4,6-7,9-10,16H,5,8,11-15,17H2,1-2H3. The van der Waals surface area contributed by atoms with Crippen LogP contribution in [0.3, 0.4) is 0 Å². The van der Waals surface area contributed by atoms with E-state index in [-0.39, 0.29) is 25.7 Å². The van der Waals surface area contributed by atoms with E-state index in [1.54, 1.807) is 25.3 Å². The van der Waals surface area contributed by atoms with Crippen molar-refractivity contribution >= 4 is 27.3 Å². The minimum atomic E-state index is -3.51. The van der Waals surface area contributed by atoms with Crippen LogP contribution >= 0.6 is 0 Å². The summed E-state index contributed by atoms with van der Waals surface area (Å²) in [6.45, 7) is 3.02. The summed E-state index contributed by atoms with van der Waals surface area (Å²) >= 11 is 0. The Labute approximate surface area is 194 Å². The molecule has 0 spiro atoms. The second-order valence-electron chi connectivity index (χ2n) is 8.02. The van der Waals surface area contributed by atoms with Crippen molar-refractivity contribution in [3.05, 3.63) is 42.5 Å². The molecule has 9 nitrogen and oxygen atoms in total. The van der Waals surface area contributed by atoms with Crippen molar-refractivity contribution in [2.75, 3.05) is 62.1 Å². The molecule has 2 aliphatic rings. The van der Waals surface area contributed by atoms with Crippen molar-refractivity contribution < 1.29 is 27.4 Å². The molecule has 0 aliphatic carbocycles. The first-order valence-corrected chi connectivity index (χ1v) is 12.7. The second-order valence-corrected chi connectivity index (χ2v) is 9.92. The van der Waals surface area contributed by atoms with Gasteiger partial charge in [-0.15, -0.1) is 0 Å². The van der Waals surface area contributed by atoms with Crippen molar-refractivity contribution in [3.8, 4) is 17.2 Å². The van der Waals surface area contributed by atoms with Gasteiger partial charge in [-0.3, -0.25) is 9.10 Å². The van der Waals surface area contributed by atoms with E-state index in [2.05, 4.69) is 4.90 Å². The maximum atomic E-state index is 12.8. The summed E-state index contributed by atoms with van der Waals surface area (Å²) in [5, 5.41) is 0. The Hall–Kier alpha value is -3.14. The summed E-state index contributed by atoms with van der Waals surface area (Å²) in [7, 11) is -1.85. The van der Waals surface area contributed by atoms with Gasteiger partial charge in [-0.05, 0) is 30.7 Å². The zero-order valence-electron chi connectivity index (χ0n) is 18.9. The molecule has 1 amide bonds. The number of para-hydroxylation sites is 2. The van der Waals surface area contributed by atoms with Gasteiger partial charge in [-0.1, -0.05) is 12.1 Å². The van der Waals surface area contributed by atoms with Crippen LogP contribution in [0.15, 0.2) is 42.5 Å². The highest BCUT2D eigenvalue weighted by Crippen LogP contribution is 2.36. The third-order valence-electron chi connectivity index (χ3n) is 5.85. The highest BCUT2D eigenvalue weighted by Gasteiger charge is 2.24. The highest BCUT2D eigenvalue weighted by molar-refractivity contribution is 7.92. The molecule has 4 rings (SSSR count). The molecular weight excluding hydrogens is 446 g/mol. The molecule has 0 saturated carbocycles. The molecule has 2 aliphatic heterocycles. The zero-order valence-corrected chi connectivity index (χ0v) is 19.7. The summed E-state index contributed by atoms with van der Waals surface area (Å²) in [4.78, 5) is 16.8. The number of benzene rings is 2. The van der Waals surface area contributed by atoms with Crippen molar-refractivity contribution in [3.63, 3.8) is 0 Å². The molecule has 0 unspecified atom stereocenters. The van der Waals surface area contributed by atoms with Crippen molar-refractivity contribution in [2.24, 2.45) is 0 Å². The molecule has 2 aromatic carbocycles. The minimum absolute atomic E-state index is 0.0359. The number of ether oxygens (including phenoxy) is 3. The van der Waals surface area contributed by atoms with Crippen LogP contribution in [-0.2, 0) is 14.8 Å². The molecule has 2 aromatic rings. The van der Waals surface area contributed by atoms with E-state index < -0.39 is 10.0 Å². The molecule has 178 valence electrons. The monoisotopic (exact) mass is 475 g/mol. The first-order valence-electron chi connectivity index (χ1n) is 10.9. The Morgan fingerprint density at radius 1 is 1.06 bits per heavy atom. The number of fused-ring (bicyclic) bond motifs is 1. The third kappa shape index (κ3) is 5.27. The number of piperazine rings is 1. The van der Waals surface area contributed by atoms with E-state index in [0.29, 0.717) is 36.7 Å². The normalized spacial score (nSPS) is 15.5. The summed E-state index contributed by atoms with van der Waals surface area (Å²) in [5.41, 5.74) is 1.53. The number of carbonyl (C=O) groups excluding carboxylic acids is 1. The summed E-state index contributed by atoms with van der Waals surface area (Å²) in [6.07, 6.45) is 1.87. The predicted octanol–water partition coefficient (Wildman–Crippen LogP) is 2.32. The molecule has 2 heterocycles. The Morgan fingerprint density at radius 3 is 2.52 bits per heavy atom. The van der Waals surface area contributed by atoms with Crippen LogP contribution in [0.5, 0.6) is 17.2 Å². The molecule has 33 heavy (non-hydrogen) atoms. The second kappa shape index (κ2) is 9.78. The fourth-order valence-corrected chi connectivity index (χ4v) is 5.10. The SMILES string of the molecule is COc1ccccc1N1CCN(C(=O)CCCN(c2ccc3c(c2)OCO3)S(C)(=O)=O)CC1. The minimum Gasteiger partial charge on any atom is -0.495 e. The number of sulfonamides is 1. The van der Waals surface area contributed by atoms with E-state index in [4.69, 9.17) is 14.2 Å². The molecule has 0 aromatic heterocycles. The van der Waals surface area contributed by atoms with Crippen LogP contribution in [0, 0.1) is 0 Å². The number of rotatable bonds is 8. The number of amides is 1. The topological polar surface area (TPSA) is 88.6 Å². The van der Waals surface area contributed by atoms with Gasteiger partial charge in [0.15, 0.2) is 11.5 Å². The van der Waals surface area contributed by atoms with Crippen LogP contribution in [0.4, 0.5) is 11.4 Å². The molecule has 1 saturated heterocycles. The highest BCUT2D eigenvalue weighted by atomic mass is 32.2. The number of hydrogen-bond acceptors (Lipinski definition) is 7. The number of hydrogen-bond donors (Lipinski definition) is 0. The molecular formula is C23H29N3O6S. The van der Waals surface area contributed by atoms with Gasteiger partial charge in [-0.2, -0.15) is 0 Å². The molecule has 0 radical (unpaired) electrons. The number of carbonyl (C=O) groups is 1. The van der Waals surface area contributed by atoms with Crippen LogP contribution in [0.25, 0.3) is 0 Å². The Bertz CT molecular complexity index is 1100. The number of nitrogens with zero attached hydrogens (tertiary/aromatic N) is 3. The summed E-state index contributed by atoms with van der Waals surface area (Å²) < 4.78 is 42.2. The lowest BCUT2D eigenvalue weighted by Crippen LogP contribution is -2.49. The quantitative estimate of drug-likeness (QED) is 0.579. The van der Waals surface area contributed by atoms with Crippen LogP contribution in [0.2, 0.25) is 0 Å². The molecule has 0 bridgehead atoms. The fourth-order valence-electron chi connectivity index (χ4n) is 4.15. The maximum absolute atomic E-state index is 12.8. The summed E-state index contributed by atoms with van der Waals surface area (Å²) in [5.74, 6) is 1.97. The van der Waals surface area contributed by atoms with Gasteiger partial charge in [-0.25, -0.2) is 8.42 Å². The van der Waals surface area contributed by atoms with Crippen molar-refractivity contribution in [1.82, 2.24) is 4.90 Å². The lowest BCUT2D eigenvalue weighted by atomic mass is 10.2. The fraction of sp³-hybridized carbons (Fsp3) is 0.435. The number of anilines is 2. The first kappa shape index (κ1) is 23.0. The van der Waals surface area contributed by atoms with E-state index in [1.165, 1.54) is 4.31 Å². The van der Waals surface area contributed by atoms with E-state index >= 15 is 0 Å². The van der Waals surface area contributed by atoms with Gasteiger partial charge >= 0.3 is 0 Å². The maximum Gasteiger partial charge on any atom is 0.232 e. The van der Waals surface area contributed by atoms with Crippen molar-refractivity contribution in [2.45, 2.75) is 12.8 Å². The molecule has 0 N–H and O–H groups in total. The van der Waals surface area contributed by atoms with E-state index in [0.717, 1.165) is 30.8 Å². The predicted molar refractivity (Wildman–Crippen MR) is 126 cm³/mol. The summed E-state index contributed by atoms with van der Waals surface area (Å²) in [6, 6.07) is 12.9. The Kier molecular flexibility index (Phi) is 6.83. The lowest BCUT2D eigenvalue weighted by Gasteiger charge is -2.36. The molecule has 1 fully saturated rings. The van der Waals surface area contributed by atoms with Crippen LogP contribution in [-0.4, -0.2) is 72.1 Å². The Balaban J connectivity index is 1.31. The Morgan fingerprint density at radius 2 is 1.79 bits per heavy atom. The third-order valence-corrected chi connectivity index (χ3v) is 7.05. The molecule has 10 heteroatoms. The van der Waals surface area contributed by atoms with Gasteiger partial charge < -0.3 is 24.0 Å². The lowest BCUT2D eigenvalue weighted by molar-refractivity contribution is -0.131. The van der Waals surface area contributed by atoms with Crippen molar-refractivity contribution in [1.29, 1.82) is 0 Å². The van der Waals surface area contributed by atoms with Gasteiger partial charge in [0.2, 0.25) is 22.7 Å². The van der Waals surface area contributed by atoms with Gasteiger partial charge in [0.1, 0.15) is 5.75 Å². The average molecular weight is 476 g/mol. The van der Waals surface area contributed by atoms with E-state index in [9.17, 15) is 13.2 Å². The van der Waals surface area contributed by atoms with Crippen LogP contribution in [0.1, 0.15) is 12.8 Å². The average Bonchev–Trinajstić information content (AvgIpc) is 3.29. The van der Waals surface area contributed by atoms with Gasteiger partial charge in [0.25, 0.3) is 0 Å². The van der Waals surface area contributed by atoms with E-state index in [1.807, 2.05) is 29.2 Å².